The van der Waals surface area contributed by atoms with Gasteiger partial charge in [-0.05, 0) is 46.6 Å². The van der Waals surface area contributed by atoms with Gasteiger partial charge in [0.05, 0.1) is 17.8 Å². The topological polar surface area (TPSA) is 39.5 Å². The van der Waals surface area contributed by atoms with Crippen LogP contribution in [0, 0.1) is 13.5 Å². The van der Waals surface area contributed by atoms with Crippen LogP contribution in [0.15, 0.2) is 47.5 Å². The Bertz CT molecular complexity index is 1070. The van der Waals surface area contributed by atoms with E-state index in [0.717, 1.165) is 32.3 Å². The van der Waals surface area contributed by atoms with Crippen molar-refractivity contribution in [3.05, 3.63) is 64.4 Å². The average Bonchev–Trinajstić information content (AvgIpc) is 3.10. The number of halogens is 1. The third kappa shape index (κ3) is 1.83. The lowest BCUT2D eigenvalue weighted by Crippen LogP contribution is -1.94. The number of hydrogen-bond acceptors (Lipinski definition) is 2. The summed E-state index contributed by atoms with van der Waals surface area (Å²) in [5, 5.41) is 9.01. The van der Waals surface area contributed by atoms with Gasteiger partial charge in [0.1, 0.15) is 6.33 Å². The molecule has 0 fully saturated rings. The van der Waals surface area contributed by atoms with Gasteiger partial charge in [0.25, 0.3) is 0 Å². The van der Waals surface area contributed by atoms with E-state index in [2.05, 4.69) is 35.5 Å². The molecule has 22 heavy (non-hydrogen) atoms. The van der Waals surface area contributed by atoms with Crippen molar-refractivity contribution in [3.8, 4) is 5.69 Å². The standard InChI is InChI=1S/C16H10BrN5/c1-10-5-15-12(7-14(10)18-2)13(17)8-22(15)11-3-4-21-9-19-20-16(21)6-11/h3-9H,1H3. The highest BCUT2D eigenvalue weighted by Crippen LogP contribution is 2.34. The Morgan fingerprint density at radius 3 is 2.95 bits per heavy atom. The van der Waals surface area contributed by atoms with Crippen molar-refractivity contribution >= 4 is 38.2 Å². The third-order valence-electron chi connectivity index (χ3n) is 3.76. The minimum atomic E-state index is 0.679. The van der Waals surface area contributed by atoms with Gasteiger partial charge in [-0.15, -0.1) is 10.2 Å². The fraction of sp³-hybridized carbons (Fsp3) is 0.0625. The molecule has 4 rings (SSSR count). The van der Waals surface area contributed by atoms with Crippen LogP contribution in [0.4, 0.5) is 5.69 Å². The van der Waals surface area contributed by atoms with E-state index in [-0.39, 0.29) is 0 Å². The summed E-state index contributed by atoms with van der Waals surface area (Å²) in [6.07, 6.45) is 5.62. The van der Waals surface area contributed by atoms with E-state index in [1.807, 2.05) is 48.0 Å². The van der Waals surface area contributed by atoms with Gasteiger partial charge in [0.15, 0.2) is 11.3 Å². The highest BCUT2D eigenvalue weighted by molar-refractivity contribution is 9.10. The molecule has 0 spiro atoms. The zero-order chi connectivity index (χ0) is 15.3. The van der Waals surface area contributed by atoms with Crippen LogP contribution in [0.1, 0.15) is 5.56 Å². The fourth-order valence-electron chi connectivity index (χ4n) is 2.61. The number of rotatable bonds is 1. The molecule has 0 bridgehead atoms. The molecule has 3 heterocycles. The van der Waals surface area contributed by atoms with Crippen molar-refractivity contribution in [1.82, 2.24) is 19.2 Å². The SMILES string of the molecule is [C-]#[N+]c1cc2c(Br)cn(-c3ccn4cnnc4c3)c2cc1C. The van der Waals surface area contributed by atoms with Gasteiger partial charge < -0.3 is 4.57 Å². The maximum absolute atomic E-state index is 7.26. The summed E-state index contributed by atoms with van der Waals surface area (Å²) in [4.78, 5) is 3.58. The summed E-state index contributed by atoms with van der Waals surface area (Å²) in [5.41, 5.74) is 4.51. The quantitative estimate of drug-likeness (QED) is 0.479. The van der Waals surface area contributed by atoms with Crippen molar-refractivity contribution in [2.45, 2.75) is 6.92 Å². The molecule has 0 N–H and O–H groups in total. The van der Waals surface area contributed by atoms with Crippen LogP contribution < -0.4 is 0 Å². The molecule has 0 aliphatic heterocycles. The highest BCUT2D eigenvalue weighted by atomic mass is 79.9. The minimum Gasteiger partial charge on any atom is -0.315 e. The number of aryl methyl sites for hydroxylation is 1. The predicted octanol–water partition coefficient (Wildman–Crippen LogP) is 4.29. The minimum absolute atomic E-state index is 0.679. The Labute approximate surface area is 134 Å². The van der Waals surface area contributed by atoms with E-state index < -0.39 is 0 Å². The second kappa shape index (κ2) is 4.68. The monoisotopic (exact) mass is 351 g/mol. The maximum Gasteiger partial charge on any atom is 0.190 e. The van der Waals surface area contributed by atoms with Crippen molar-refractivity contribution in [2.75, 3.05) is 0 Å². The summed E-state index contributed by atoms with van der Waals surface area (Å²) < 4.78 is 4.93. The van der Waals surface area contributed by atoms with E-state index in [4.69, 9.17) is 6.57 Å². The second-order valence-electron chi connectivity index (χ2n) is 5.10. The molecule has 4 aromatic rings. The van der Waals surface area contributed by atoms with E-state index >= 15 is 0 Å². The largest absolute Gasteiger partial charge is 0.315 e. The van der Waals surface area contributed by atoms with Crippen LogP contribution >= 0.6 is 15.9 Å². The van der Waals surface area contributed by atoms with Crippen molar-refractivity contribution in [2.24, 2.45) is 0 Å². The zero-order valence-electron chi connectivity index (χ0n) is 11.7. The van der Waals surface area contributed by atoms with E-state index in [0.29, 0.717) is 5.69 Å². The molecule has 0 aliphatic carbocycles. The van der Waals surface area contributed by atoms with Gasteiger partial charge in [-0.25, -0.2) is 4.85 Å². The van der Waals surface area contributed by atoms with Crippen LogP contribution in [-0.2, 0) is 0 Å². The molecular formula is C16H10BrN5. The van der Waals surface area contributed by atoms with E-state index in [1.54, 1.807) is 6.33 Å². The summed E-state index contributed by atoms with van der Waals surface area (Å²) in [7, 11) is 0. The molecule has 3 aromatic heterocycles. The van der Waals surface area contributed by atoms with Gasteiger partial charge in [0, 0.05) is 28.3 Å². The number of fused-ring (bicyclic) bond motifs is 2. The van der Waals surface area contributed by atoms with Crippen LogP contribution in [0.3, 0.4) is 0 Å². The van der Waals surface area contributed by atoms with Gasteiger partial charge >= 0.3 is 0 Å². The number of aromatic nitrogens is 4. The number of pyridine rings is 1. The summed E-state index contributed by atoms with van der Waals surface area (Å²) in [6.45, 7) is 9.22. The van der Waals surface area contributed by atoms with Gasteiger partial charge in [-0.1, -0.05) is 0 Å². The summed E-state index contributed by atoms with van der Waals surface area (Å²) >= 11 is 3.59. The molecule has 0 saturated carbocycles. The second-order valence-corrected chi connectivity index (χ2v) is 5.95. The Morgan fingerprint density at radius 2 is 2.14 bits per heavy atom. The number of benzene rings is 1. The molecule has 0 saturated heterocycles. The summed E-state index contributed by atoms with van der Waals surface area (Å²) in [5.74, 6) is 0. The van der Waals surface area contributed by atoms with Gasteiger partial charge in [-0.3, -0.25) is 4.40 Å². The number of hydrogen-bond donors (Lipinski definition) is 0. The lowest BCUT2D eigenvalue weighted by atomic mass is 10.1. The van der Waals surface area contributed by atoms with Crippen molar-refractivity contribution < 1.29 is 0 Å². The number of nitrogens with zero attached hydrogens (tertiary/aromatic N) is 5. The van der Waals surface area contributed by atoms with Crippen LogP contribution in [0.5, 0.6) is 0 Å². The van der Waals surface area contributed by atoms with Crippen molar-refractivity contribution in [3.63, 3.8) is 0 Å². The van der Waals surface area contributed by atoms with Gasteiger partial charge in [0.2, 0.25) is 0 Å². The summed E-state index contributed by atoms with van der Waals surface area (Å²) in [6, 6.07) is 7.96. The van der Waals surface area contributed by atoms with E-state index in [9.17, 15) is 0 Å². The third-order valence-corrected chi connectivity index (χ3v) is 4.39. The maximum atomic E-state index is 7.26. The molecule has 0 atom stereocenters. The Kier molecular flexibility index (Phi) is 2.78. The Hall–Kier alpha value is -2.65. The molecule has 1 aromatic carbocycles. The smallest absolute Gasteiger partial charge is 0.190 e. The fourth-order valence-corrected chi connectivity index (χ4v) is 3.14. The van der Waals surface area contributed by atoms with Crippen LogP contribution in [0.2, 0.25) is 0 Å². The molecule has 106 valence electrons. The Morgan fingerprint density at radius 1 is 1.27 bits per heavy atom. The first-order valence-corrected chi connectivity index (χ1v) is 7.45. The zero-order valence-corrected chi connectivity index (χ0v) is 13.2. The molecule has 0 unspecified atom stereocenters. The lowest BCUT2D eigenvalue weighted by molar-refractivity contribution is 1.09. The van der Waals surface area contributed by atoms with Crippen molar-refractivity contribution in [1.29, 1.82) is 0 Å². The van der Waals surface area contributed by atoms with Crippen LogP contribution in [-0.4, -0.2) is 19.2 Å². The van der Waals surface area contributed by atoms with E-state index in [1.165, 1.54) is 0 Å². The molecule has 0 aliphatic rings. The first-order chi connectivity index (χ1) is 10.7. The molecule has 0 radical (unpaired) electrons. The first kappa shape index (κ1) is 13.0. The normalized spacial score (nSPS) is 11.1. The average molecular weight is 352 g/mol. The molecule has 5 nitrogen and oxygen atoms in total. The predicted molar refractivity (Wildman–Crippen MR) is 88.5 cm³/mol. The van der Waals surface area contributed by atoms with Crippen LogP contribution in [0.25, 0.3) is 27.1 Å². The highest BCUT2D eigenvalue weighted by Gasteiger charge is 2.11. The Balaban J connectivity index is 2.02. The molecular weight excluding hydrogens is 342 g/mol. The molecule has 6 heteroatoms. The first-order valence-electron chi connectivity index (χ1n) is 6.66. The van der Waals surface area contributed by atoms with Gasteiger partial charge in [-0.2, -0.15) is 0 Å². The molecule has 0 amide bonds. The lowest BCUT2D eigenvalue weighted by Gasteiger charge is -2.07.